The van der Waals surface area contributed by atoms with E-state index in [9.17, 15) is 14.7 Å². The number of carboxylic acid groups (broad SMARTS) is 1. The Labute approximate surface area is 170 Å². The minimum absolute atomic E-state index is 0.153. The molecule has 8 heteroatoms. The highest BCUT2D eigenvalue weighted by Gasteiger charge is 2.35. The quantitative estimate of drug-likeness (QED) is 0.536. The Kier molecular flexibility index (Phi) is 6.51. The molecule has 27 heavy (non-hydrogen) atoms. The SMILES string of the molecule is CC(C)(NC(=O)O)C(=O)NCC(O)(c1ccc(Cl)cc1)c1ccc(Br)cc1. The lowest BCUT2D eigenvalue weighted by Crippen LogP contribution is -2.56. The minimum Gasteiger partial charge on any atom is -0.465 e. The zero-order valence-electron chi connectivity index (χ0n) is 14.8. The maximum Gasteiger partial charge on any atom is 0.405 e. The molecular formula is C19H20BrClN2O4. The molecule has 0 fully saturated rings. The molecule has 0 spiro atoms. The molecular weight excluding hydrogens is 436 g/mol. The van der Waals surface area contributed by atoms with Crippen molar-refractivity contribution >= 4 is 39.5 Å². The van der Waals surface area contributed by atoms with Crippen molar-refractivity contribution < 1.29 is 19.8 Å². The van der Waals surface area contributed by atoms with E-state index < -0.39 is 23.1 Å². The smallest absolute Gasteiger partial charge is 0.405 e. The summed E-state index contributed by atoms with van der Waals surface area (Å²) in [6.07, 6.45) is -1.31. The molecule has 0 saturated carbocycles. The predicted octanol–water partition coefficient (Wildman–Crippen LogP) is 3.50. The van der Waals surface area contributed by atoms with Crippen LogP contribution in [0.15, 0.2) is 53.0 Å². The van der Waals surface area contributed by atoms with Crippen molar-refractivity contribution in [2.24, 2.45) is 0 Å². The average molecular weight is 456 g/mol. The molecule has 2 rings (SSSR count). The van der Waals surface area contributed by atoms with Gasteiger partial charge in [0.15, 0.2) is 0 Å². The predicted molar refractivity (Wildman–Crippen MR) is 107 cm³/mol. The first kappa shape index (κ1) is 21.2. The molecule has 6 nitrogen and oxygen atoms in total. The molecule has 1 atom stereocenters. The summed E-state index contributed by atoms with van der Waals surface area (Å²) in [5.74, 6) is -0.561. The van der Waals surface area contributed by atoms with E-state index in [2.05, 4.69) is 26.6 Å². The summed E-state index contributed by atoms with van der Waals surface area (Å²) >= 11 is 9.30. The van der Waals surface area contributed by atoms with E-state index in [0.717, 1.165) is 4.47 Å². The van der Waals surface area contributed by atoms with Crippen LogP contribution in [-0.2, 0) is 10.4 Å². The van der Waals surface area contributed by atoms with Gasteiger partial charge in [0.25, 0.3) is 0 Å². The number of hydrogen-bond donors (Lipinski definition) is 4. The zero-order valence-corrected chi connectivity index (χ0v) is 17.1. The van der Waals surface area contributed by atoms with Crippen molar-refractivity contribution in [1.82, 2.24) is 10.6 Å². The number of aliphatic hydroxyl groups is 1. The van der Waals surface area contributed by atoms with Gasteiger partial charge in [0.1, 0.15) is 11.1 Å². The summed E-state index contributed by atoms with van der Waals surface area (Å²) in [7, 11) is 0. The molecule has 0 aromatic heterocycles. The third-order valence-corrected chi connectivity index (χ3v) is 4.92. The number of carbonyl (C=O) groups is 2. The van der Waals surface area contributed by atoms with Crippen molar-refractivity contribution in [2.75, 3.05) is 6.54 Å². The van der Waals surface area contributed by atoms with Gasteiger partial charge in [-0.15, -0.1) is 0 Å². The Morgan fingerprint density at radius 1 is 1.04 bits per heavy atom. The molecule has 0 aliphatic rings. The van der Waals surface area contributed by atoms with E-state index in [0.29, 0.717) is 16.1 Å². The van der Waals surface area contributed by atoms with Gasteiger partial charge in [-0.1, -0.05) is 51.8 Å². The fraction of sp³-hybridized carbons (Fsp3) is 0.263. The van der Waals surface area contributed by atoms with E-state index in [1.165, 1.54) is 13.8 Å². The van der Waals surface area contributed by atoms with Crippen LogP contribution in [0.2, 0.25) is 5.02 Å². The van der Waals surface area contributed by atoms with Crippen LogP contribution < -0.4 is 10.6 Å². The first-order valence-electron chi connectivity index (χ1n) is 8.08. The average Bonchev–Trinajstić information content (AvgIpc) is 2.59. The highest BCUT2D eigenvalue weighted by molar-refractivity contribution is 9.10. The van der Waals surface area contributed by atoms with Crippen LogP contribution >= 0.6 is 27.5 Å². The Hall–Kier alpha value is -2.09. The number of nitrogens with one attached hydrogen (secondary N) is 2. The second-order valence-electron chi connectivity index (χ2n) is 6.61. The normalized spacial score (nSPS) is 13.5. The van der Waals surface area contributed by atoms with Gasteiger partial charge >= 0.3 is 6.09 Å². The van der Waals surface area contributed by atoms with Crippen LogP contribution in [0.1, 0.15) is 25.0 Å². The molecule has 0 radical (unpaired) electrons. The minimum atomic E-state index is -1.53. The van der Waals surface area contributed by atoms with E-state index in [-0.39, 0.29) is 6.54 Å². The van der Waals surface area contributed by atoms with Crippen LogP contribution in [0.5, 0.6) is 0 Å². The number of benzene rings is 2. The van der Waals surface area contributed by atoms with Crippen molar-refractivity contribution in [1.29, 1.82) is 0 Å². The van der Waals surface area contributed by atoms with Crippen molar-refractivity contribution in [3.8, 4) is 0 Å². The molecule has 2 aromatic rings. The molecule has 4 N–H and O–H groups in total. The third-order valence-electron chi connectivity index (χ3n) is 4.14. The highest BCUT2D eigenvalue weighted by atomic mass is 79.9. The molecule has 144 valence electrons. The molecule has 2 amide bonds. The Morgan fingerprint density at radius 2 is 1.52 bits per heavy atom. The standard InChI is InChI=1S/C19H20BrClN2O4/c1-18(2,23-17(25)26)16(24)22-11-19(27,12-3-7-14(20)8-4-12)13-5-9-15(21)10-6-13/h3-10,23,27H,11H2,1-2H3,(H,22,24)(H,25,26). The molecule has 0 aliphatic heterocycles. The number of halogens is 2. The fourth-order valence-corrected chi connectivity index (χ4v) is 2.97. The van der Waals surface area contributed by atoms with E-state index in [1.54, 1.807) is 48.5 Å². The van der Waals surface area contributed by atoms with Gasteiger partial charge in [0.2, 0.25) is 5.91 Å². The highest BCUT2D eigenvalue weighted by Crippen LogP contribution is 2.31. The van der Waals surface area contributed by atoms with Gasteiger partial charge in [-0.3, -0.25) is 4.79 Å². The summed E-state index contributed by atoms with van der Waals surface area (Å²) in [5, 5.41) is 25.6. The fourth-order valence-electron chi connectivity index (χ4n) is 2.58. The van der Waals surface area contributed by atoms with Gasteiger partial charge in [-0.2, -0.15) is 0 Å². The van der Waals surface area contributed by atoms with Crippen LogP contribution in [0.4, 0.5) is 4.79 Å². The molecule has 2 aromatic carbocycles. The van der Waals surface area contributed by atoms with E-state index >= 15 is 0 Å². The first-order chi connectivity index (χ1) is 12.5. The molecule has 0 heterocycles. The number of rotatable bonds is 6. The lowest BCUT2D eigenvalue weighted by atomic mass is 9.86. The van der Waals surface area contributed by atoms with Gasteiger partial charge in [-0.25, -0.2) is 4.79 Å². The Morgan fingerprint density at radius 3 is 2.00 bits per heavy atom. The van der Waals surface area contributed by atoms with Gasteiger partial charge in [0, 0.05) is 9.50 Å². The Balaban J connectivity index is 2.33. The molecule has 0 aliphatic carbocycles. The molecule has 1 unspecified atom stereocenters. The van der Waals surface area contributed by atoms with E-state index in [1.807, 2.05) is 0 Å². The summed E-state index contributed by atoms with van der Waals surface area (Å²) in [6.45, 7) is 2.73. The van der Waals surface area contributed by atoms with Crippen molar-refractivity contribution in [3.05, 3.63) is 69.2 Å². The largest absolute Gasteiger partial charge is 0.465 e. The monoisotopic (exact) mass is 454 g/mol. The third kappa shape index (κ3) is 5.22. The van der Waals surface area contributed by atoms with E-state index in [4.69, 9.17) is 16.7 Å². The second kappa shape index (κ2) is 8.29. The summed E-state index contributed by atoms with van der Waals surface area (Å²) < 4.78 is 0.848. The maximum atomic E-state index is 12.4. The Bertz CT molecular complexity index is 777. The van der Waals surface area contributed by atoms with Gasteiger partial charge < -0.3 is 20.8 Å². The second-order valence-corrected chi connectivity index (χ2v) is 7.96. The summed E-state index contributed by atoms with van der Waals surface area (Å²) in [5.41, 5.74) is -1.77. The topological polar surface area (TPSA) is 98.7 Å². The van der Waals surface area contributed by atoms with Crippen molar-refractivity contribution in [3.63, 3.8) is 0 Å². The lowest BCUT2D eigenvalue weighted by Gasteiger charge is -2.32. The van der Waals surface area contributed by atoms with Crippen LogP contribution in [0, 0.1) is 0 Å². The maximum absolute atomic E-state index is 12.4. The number of carbonyl (C=O) groups excluding carboxylic acids is 1. The lowest BCUT2D eigenvalue weighted by molar-refractivity contribution is -0.127. The number of amides is 2. The summed E-state index contributed by atoms with van der Waals surface area (Å²) in [6, 6.07) is 13.7. The van der Waals surface area contributed by atoms with Gasteiger partial charge in [-0.05, 0) is 49.2 Å². The van der Waals surface area contributed by atoms with Crippen LogP contribution in [-0.4, -0.2) is 34.3 Å². The van der Waals surface area contributed by atoms with Crippen LogP contribution in [0.25, 0.3) is 0 Å². The molecule has 0 bridgehead atoms. The van der Waals surface area contributed by atoms with Crippen molar-refractivity contribution in [2.45, 2.75) is 25.0 Å². The van der Waals surface area contributed by atoms with Crippen LogP contribution in [0.3, 0.4) is 0 Å². The molecule has 0 saturated heterocycles. The van der Waals surface area contributed by atoms with Gasteiger partial charge in [0.05, 0.1) is 6.54 Å². The first-order valence-corrected chi connectivity index (χ1v) is 9.25. The zero-order chi connectivity index (χ0) is 20.2. The number of hydrogen-bond acceptors (Lipinski definition) is 3. The summed E-state index contributed by atoms with van der Waals surface area (Å²) in [4.78, 5) is 23.3.